The quantitative estimate of drug-likeness (QED) is 0.724. The van der Waals surface area contributed by atoms with Crippen LogP contribution in [0.15, 0.2) is 48.8 Å². The van der Waals surface area contributed by atoms with Crippen LogP contribution in [-0.2, 0) is 7.05 Å². The van der Waals surface area contributed by atoms with Gasteiger partial charge in [-0.05, 0) is 37.3 Å². The molecule has 1 aliphatic rings. The third-order valence-corrected chi connectivity index (χ3v) is 4.84. The molecule has 1 unspecified atom stereocenters. The van der Waals surface area contributed by atoms with Gasteiger partial charge in [0.1, 0.15) is 11.9 Å². The SMILES string of the molecule is Cc1ccc(Nc2cccc(C(=O)N3CCNCC3c3nccn3C)c2)nn1. The normalized spacial score (nSPS) is 16.8. The highest BCUT2D eigenvalue weighted by Gasteiger charge is 2.31. The van der Waals surface area contributed by atoms with Crippen molar-refractivity contribution in [2.75, 3.05) is 25.0 Å². The molecule has 0 saturated carbocycles. The van der Waals surface area contributed by atoms with Gasteiger partial charge in [0.15, 0.2) is 5.82 Å². The standard InChI is InChI=1S/C20H23N7O/c1-14-6-7-18(25-24-14)23-16-5-3-4-15(12-16)20(28)27-11-8-21-13-17(27)19-22-9-10-26(19)2/h3-7,9-10,12,17,21H,8,11,13H2,1-2H3,(H,23,25). The molecule has 8 heteroatoms. The largest absolute Gasteiger partial charge is 0.339 e. The van der Waals surface area contributed by atoms with E-state index >= 15 is 0 Å². The number of hydrogen-bond acceptors (Lipinski definition) is 6. The third-order valence-electron chi connectivity index (χ3n) is 4.84. The van der Waals surface area contributed by atoms with Gasteiger partial charge < -0.3 is 20.1 Å². The zero-order valence-corrected chi connectivity index (χ0v) is 16.0. The van der Waals surface area contributed by atoms with Crippen LogP contribution in [0.5, 0.6) is 0 Å². The summed E-state index contributed by atoms with van der Waals surface area (Å²) >= 11 is 0. The zero-order chi connectivity index (χ0) is 19.5. The van der Waals surface area contributed by atoms with E-state index in [9.17, 15) is 4.79 Å². The second kappa shape index (κ2) is 7.77. The number of carbonyl (C=O) groups excluding carboxylic acids is 1. The van der Waals surface area contributed by atoms with E-state index in [1.165, 1.54) is 0 Å². The summed E-state index contributed by atoms with van der Waals surface area (Å²) in [4.78, 5) is 19.6. The number of nitrogens with zero attached hydrogens (tertiary/aromatic N) is 5. The number of carbonyl (C=O) groups is 1. The van der Waals surface area contributed by atoms with Crippen LogP contribution in [0.4, 0.5) is 11.5 Å². The predicted molar refractivity (Wildman–Crippen MR) is 106 cm³/mol. The number of hydrogen-bond donors (Lipinski definition) is 2. The average Bonchev–Trinajstić information content (AvgIpc) is 3.15. The zero-order valence-electron chi connectivity index (χ0n) is 16.0. The third kappa shape index (κ3) is 3.72. The minimum atomic E-state index is -0.0965. The molecule has 0 radical (unpaired) electrons. The molecule has 3 heterocycles. The van der Waals surface area contributed by atoms with Gasteiger partial charge in [0.05, 0.1) is 5.69 Å². The van der Waals surface area contributed by atoms with E-state index in [1.54, 1.807) is 6.20 Å². The summed E-state index contributed by atoms with van der Waals surface area (Å²) in [6.45, 7) is 3.98. The van der Waals surface area contributed by atoms with Crippen molar-refractivity contribution in [3.05, 3.63) is 65.9 Å². The summed E-state index contributed by atoms with van der Waals surface area (Å²) in [7, 11) is 1.95. The van der Waals surface area contributed by atoms with E-state index in [-0.39, 0.29) is 11.9 Å². The molecular weight excluding hydrogens is 354 g/mol. The summed E-state index contributed by atoms with van der Waals surface area (Å²) < 4.78 is 1.96. The molecule has 1 atom stereocenters. The second-order valence-corrected chi connectivity index (χ2v) is 6.88. The molecule has 144 valence electrons. The lowest BCUT2D eigenvalue weighted by Crippen LogP contribution is -2.49. The Morgan fingerprint density at radius 3 is 2.89 bits per heavy atom. The Balaban J connectivity index is 1.56. The fourth-order valence-corrected chi connectivity index (χ4v) is 3.39. The Kier molecular flexibility index (Phi) is 5.03. The van der Waals surface area contributed by atoms with Gasteiger partial charge in [-0.3, -0.25) is 4.79 Å². The molecule has 0 aliphatic carbocycles. The van der Waals surface area contributed by atoms with E-state index < -0.39 is 0 Å². The first kappa shape index (κ1) is 18.1. The minimum absolute atomic E-state index is 0.00635. The summed E-state index contributed by atoms with van der Waals surface area (Å²) in [6, 6.07) is 11.1. The molecule has 28 heavy (non-hydrogen) atoms. The Bertz CT molecular complexity index is 967. The fraction of sp³-hybridized carbons (Fsp3) is 0.300. The number of nitrogens with one attached hydrogen (secondary N) is 2. The number of imidazole rings is 1. The maximum absolute atomic E-state index is 13.3. The van der Waals surface area contributed by atoms with Gasteiger partial charge in [-0.15, -0.1) is 5.10 Å². The summed E-state index contributed by atoms with van der Waals surface area (Å²) in [5, 5.41) is 14.7. The lowest BCUT2D eigenvalue weighted by Gasteiger charge is -2.35. The van der Waals surface area contributed by atoms with Crippen molar-refractivity contribution < 1.29 is 4.79 Å². The number of aromatic nitrogens is 4. The molecule has 3 aromatic rings. The van der Waals surface area contributed by atoms with Crippen molar-refractivity contribution in [3.63, 3.8) is 0 Å². The van der Waals surface area contributed by atoms with E-state index in [1.807, 2.05) is 66.0 Å². The van der Waals surface area contributed by atoms with Gasteiger partial charge in [-0.1, -0.05) is 6.07 Å². The van der Waals surface area contributed by atoms with Gasteiger partial charge in [0.25, 0.3) is 5.91 Å². The molecule has 1 saturated heterocycles. The first-order chi connectivity index (χ1) is 13.6. The molecule has 0 spiro atoms. The number of aryl methyl sites for hydroxylation is 2. The van der Waals surface area contributed by atoms with Crippen LogP contribution in [0.1, 0.15) is 27.9 Å². The van der Waals surface area contributed by atoms with Crippen molar-refractivity contribution in [2.24, 2.45) is 7.05 Å². The number of anilines is 2. The van der Waals surface area contributed by atoms with Crippen molar-refractivity contribution in [3.8, 4) is 0 Å². The van der Waals surface area contributed by atoms with Crippen LogP contribution in [0.25, 0.3) is 0 Å². The van der Waals surface area contributed by atoms with Crippen molar-refractivity contribution >= 4 is 17.4 Å². The Morgan fingerprint density at radius 1 is 1.25 bits per heavy atom. The maximum Gasteiger partial charge on any atom is 0.254 e. The van der Waals surface area contributed by atoms with E-state index in [0.717, 1.165) is 23.8 Å². The van der Waals surface area contributed by atoms with E-state index in [4.69, 9.17) is 0 Å². The van der Waals surface area contributed by atoms with Crippen molar-refractivity contribution in [1.82, 2.24) is 30.0 Å². The lowest BCUT2D eigenvalue weighted by molar-refractivity contribution is 0.0621. The van der Waals surface area contributed by atoms with E-state index in [0.29, 0.717) is 24.5 Å². The Hall–Kier alpha value is -3.26. The van der Waals surface area contributed by atoms with Crippen LogP contribution in [0, 0.1) is 6.92 Å². The molecule has 1 aliphatic heterocycles. The Morgan fingerprint density at radius 2 is 2.14 bits per heavy atom. The van der Waals surface area contributed by atoms with Gasteiger partial charge >= 0.3 is 0 Å². The first-order valence-corrected chi connectivity index (χ1v) is 9.28. The molecular formula is C20H23N7O. The number of rotatable bonds is 4. The highest BCUT2D eigenvalue weighted by molar-refractivity contribution is 5.95. The maximum atomic E-state index is 13.3. The van der Waals surface area contributed by atoms with Crippen LogP contribution in [-0.4, -0.2) is 50.2 Å². The van der Waals surface area contributed by atoms with Gasteiger partial charge in [-0.2, -0.15) is 5.10 Å². The number of amides is 1. The monoisotopic (exact) mass is 377 g/mol. The molecule has 4 rings (SSSR count). The number of benzene rings is 1. The van der Waals surface area contributed by atoms with Crippen LogP contribution >= 0.6 is 0 Å². The smallest absolute Gasteiger partial charge is 0.254 e. The summed E-state index contributed by atoms with van der Waals surface area (Å²) in [5.74, 6) is 1.51. The molecule has 1 amide bonds. The van der Waals surface area contributed by atoms with Gasteiger partial charge in [0.2, 0.25) is 0 Å². The lowest BCUT2D eigenvalue weighted by atomic mass is 10.1. The molecule has 1 fully saturated rings. The van der Waals surface area contributed by atoms with Crippen molar-refractivity contribution in [1.29, 1.82) is 0 Å². The van der Waals surface area contributed by atoms with Gasteiger partial charge in [0, 0.05) is 50.3 Å². The van der Waals surface area contributed by atoms with Crippen LogP contribution < -0.4 is 10.6 Å². The van der Waals surface area contributed by atoms with E-state index in [2.05, 4.69) is 25.8 Å². The van der Waals surface area contributed by atoms with Crippen LogP contribution in [0.3, 0.4) is 0 Å². The molecule has 1 aromatic carbocycles. The van der Waals surface area contributed by atoms with Crippen LogP contribution in [0.2, 0.25) is 0 Å². The summed E-state index contributed by atoms with van der Waals surface area (Å²) in [5.41, 5.74) is 2.28. The highest BCUT2D eigenvalue weighted by Crippen LogP contribution is 2.24. The topological polar surface area (TPSA) is 88.0 Å². The average molecular weight is 377 g/mol. The molecule has 0 bridgehead atoms. The minimum Gasteiger partial charge on any atom is -0.339 e. The second-order valence-electron chi connectivity index (χ2n) is 6.88. The summed E-state index contributed by atoms with van der Waals surface area (Å²) in [6.07, 6.45) is 3.67. The molecule has 2 N–H and O–H groups in total. The Labute approximate surface area is 163 Å². The molecule has 8 nitrogen and oxygen atoms in total. The number of piperazine rings is 1. The van der Waals surface area contributed by atoms with Gasteiger partial charge in [-0.25, -0.2) is 4.98 Å². The predicted octanol–water partition coefficient (Wildman–Crippen LogP) is 2.05. The highest BCUT2D eigenvalue weighted by atomic mass is 16.2. The first-order valence-electron chi connectivity index (χ1n) is 9.28. The molecule has 2 aromatic heterocycles. The van der Waals surface area contributed by atoms with Crippen molar-refractivity contribution in [2.45, 2.75) is 13.0 Å². The fourth-order valence-electron chi connectivity index (χ4n) is 3.39.